The van der Waals surface area contributed by atoms with E-state index in [1.807, 2.05) is 12.1 Å². The highest BCUT2D eigenvalue weighted by Gasteiger charge is 2.29. The molecule has 1 aromatic carbocycles. The Bertz CT molecular complexity index is 722. The number of fused-ring (bicyclic) bond motifs is 1. The summed E-state index contributed by atoms with van der Waals surface area (Å²) in [5, 5.41) is 4.55. The summed E-state index contributed by atoms with van der Waals surface area (Å²) >= 11 is 0. The standard InChI is InChI=1S/C18H23N3O2/c1-22-15-9-13-14(10-16(15)23-2)20-18(12-3-4-12)21-17(13)11-5-7-19-8-6-11/h9-12,19H,3-8H2,1-2H3. The highest BCUT2D eigenvalue weighted by molar-refractivity contribution is 5.85. The normalized spacial score (nSPS) is 19.0. The van der Waals surface area contributed by atoms with Crippen molar-refractivity contribution in [2.75, 3.05) is 27.3 Å². The lowest BCUT2D eigenvalue weighted by Crippen LogP contribution is -2.27. The fourth-order valence-corrected chi connectivity index (χ4v) is 3.43. The second kappa shape index (κ2) is 5.96. The molecule has 5 heteroatoms. The van der Waals surface area contributed by atoms with Crippen molar-refractivity contribution in [3.63, 3.8) is 0 Å². The monoisotopic (exact) mass is 313 g/mol. The van der Waals surface area contributed by atoms with E-state index in [1.165, 1.54) is 18.5 Å². The summed E-state index contributed by atoms with van der Waals surface area (Å²) in [5.74, 6) is 3.54. The average Bonchev–Trinajstić information content (AvgIpc) is 3.45. The SMILES string of the molecule is COc1cc2nc(C3CC3)nc(C3CCNCC3)c2cc1OC. The molecule has 4 rings (SSSR count). The van der Waals surface area contributed by atoms with Crippen LogP contribution >= 0.6 is 0 Å². The molecule has 1 aromatic heterocycles. The van der Waals surface area contributed by atoms with Crippen LogP contribution in [-0.4, -0.2) is 37.3 Å². The van der Waals surface area contributed by atoms with Crippen LogP contribution in [0.5, 0.6) is 11.5 Å². The molecule has 1 aliphatic heterocycles. The topological polar surface area (TPSA) is 56.3 Å². The molecule has 0 radical (unpaired) electrons. The van der Waals surface area contributed by atoms with Gasteiger partial charge in [-0.3, -0.25) is 0 Å². The highest BCUT2D eigenvalue weighted by Crippen LogP contribution is 2.42. The number of rotatable bonds is 4. The summed E-state index contributed by atoms with van der Waals surface area (Å²) in [7, 11) is 3.34. The van der Waals surface area contributed by atoms with E-state index in [9.17, 15) is 0 Å². The van der Waals surface area contributed by atoms with E-state index in [-0.39, 0.29) is 0 Å². The number of methoxy groups -OCH3 is 2. The Hall–Kier alpha value is -1.88. The molecule has 1 saturated carbocycles. The molecule has 2 aromatic rings. The van der Waals surface area contributed by atoms with Crippen molar-refractivity contribution in [3.05, 3.63) is 23.7 Å². The number of aromatic nitrogens is 2. The molecule has 1 N–H and O–H groups in total. The molecule has 2 fully saturated rings. The van der Waals surface area contributed by atoms with Crippen LogP contribution in [0.4, 0.5) is 0 Å². The lowest BCUT2D eigenvalue weighted by Gasteiger charge is -2.24. The molecule has 5 nitrogen and oxygen atoms in total. The molecule has 0 unspecified atom stereocenters. The van der Waals surface area contributed by atoms with Gasteiger partial charge in [0, 0.05) is 23.3 Å². The number of ether oxygens (including phenoxy) is 2. The van der Waals surface area contributed by atoms with Crippen molar-refractivity contribution in [1.82, 2.24) is 15.3 Å². The number of nitrogens with one attached hydrogen (secondary N) is 1. The number of benzene rings is 1. The van der Waals surface area contributed by atoms with Crippen LogP contribution in [0.3, 0.4) is 0 Å². The van der Waals surface area contributed by atoms with E-state index >= 15 is 0 Å². The lowest BCUT2D eigenvalue weighted by atomic mass is 9.91. The summed E-state index contributed by atoms with van der Waals surface area (Å²) in [6, 6.07) is 4.04. The van der Waals surface area contributed by atoms with Crippen LogP contribution in [0.2, 0.25) is 0 Å². The Morgan fingerprint density at radius 2 is 1.61 bits per heavy atom. The lowest BCUT2D eigenvalue weighted by molar-refractivity contribution is 0.355. The molecule has 0 atom stereocenters. The molecule has 1 saturated heterocycles. The van der Waals surface area contributed by atoms with Gasteiger partial charge >= 0.3 is 0 Å². The molecule has 0 spiro atoms. The van der Waals surface area contributed by atoms with Crippen LogP contribution in [0.1, 0.15) is 49.0 Å². The first-order chi connectivity index (χ1) is 11.3. The van der Waals surface area contributed by atoms with Crippen LogP contribution in [0.25, 0.3) is 10.9 Å². The van der Waals surface area contributed by atoms with Crippen molar-refractivity contribution in [3.8, 4) is 11.5 Å². The van der Waals surface area contributed by atoms with Gasteiger partial charge in [0.1, 0.15) is 5.82 Å². The maximum atomic E-state index is 5.48. The van der Waals surface area contributed by atoms with Gasteiger partial charge < -0.3 is 14.8 Å². The predicted octanol–water partition coefficient (Wildman–Crippen LogP) is 2.99. The molecule has 0 bridgehead atoms. The molecule has 2 heterocycles. The summed E-state index contributed by atoms with van der Waals surface area (Å²) in [5.41, 5.74) is 2.17. The van der Waals surface area contributed by atoms with Gasteiger partial charge in [-0.05, 0) is 44.8 Å². The van der Waals surface area contributed by atoms with E-state index in [0.717, 1.165) is 54.2 Å². The third-order valence-corrected chi connectivity index (χ3v) is 4.92. The Morgan fingerprint density at radius 1 is 0.913 bits per heavy atom. The minimum Gasteiger partial charge on any atom is -0.493 e. The van der Waals surface area contributed by atoms with Crippen LogP contribution in [0.15, 0.2) is 12.1 Å². The Labute approximate surface area is 136 Å². The van der Waals surface area contributed by atoms with Gasteiger partial charge in [-0.2, -0.15) is 0 Å². The van der Waals surface area contributed by atoms with Crippen molar-refractivity contribution in [2.45, 2.75) is 37.5 Å². The van der Waals surface area contributed by atoms with Gasteiger partial charge in [0.25, 0.3) is 0 Å². The Balaban J connectivity index is 1.89. The van der Waals surface area contributed by atoms with E-state index in [1.54, 1.807) is 14.2 Å². The number of hydrogen-bond donors (Lipinski definition) is 1. The van der Waals surface area contributed by atoms with Gasteiger partial charge in [-0.15, -0.1) is 0 Å². The maximum Gasteiger partial charge on any atom is 0.162 e. The number of piperidine rings is 1. The van der Waals surface area contributed by atoms with Crippen molar-refractivity contribution in [2.24, 2.45) is 0 Å². The van der Waals surface area contributed by atoms with E-state index in [4.69, 9.17) is 19.4 Å². The highest BCUT2D eigenvalue weighted by atomic mass is 16.5. The quantitative estimate of drug-likeness (QED) is 0.940. The molecule has 1 aliphatic carbocycles. The number of nitrogens with zero attached hydrogens (tertiary/aromatic N) is 2. The minimum atomic E-state index is 0.498. The molecule has 0 amide bonds. The second-order valence-electron chi connectivity index (χ2n) is 6.49. The maximum absolute atomic E-state index is 5.48. The van der Waals surface area contributed by atoms with Crippen molar-refractivity contribution < 1.29 is 9.47 Å². The zero-order valence-corrected chi connectivity index (χ0v) is 13.8. The first-order valence-electron chi connectivity index (χ1n) is 8.44. The third kappa shape index (κ3) is 2.74. The van der Waals surface area contributed by atoms with Gasteiger partial charge in [-0.1, -0.05) is 0 Å². The van der Waals surface area contributed by atoms with Crippen LogP contribution < -0.4 is 14.8 Å². The minimum absolute atomic E-state index is 0.498. The molecular formula is C18H23N3O2. The number of hydrogen-bond acceptors (Lipinski definition) is 5. The van der Waals surface area contributed by atoms with Crippen LogP contribution in [0, 0.1) is 0 Å². The van der Waals surface area contributed by atoms with Gasteiger partial charge in [0.05, 0.1) is 25.4 Å². The summed E-state index contributed by atoms with van der Waals surface area (Å²) in [6.45, 7) is 2.12. The zero-order chi connectivity index (χ0) is 15.8. The molecule has 122 valence electrons. The zero-order valence-electron chi connectivity index (χ0n) is 13.8. The second-order valence-corrected chi connectivity index (χ2v) is 6.49. The summed E-state index contributed by atoms with van der Waals surface area (Å²) in [4.78, 5) is 9.80. The fraction of sp³-hybridized carbons (Fsp3) is 0.556. The third-order valence-electron chi connectivity index (χ3n) is 4.92. The first kappa shape index (κ1) is 14.7. The Morgan fingerprint density at radius 3 is 2.26 bits per heavy atom. The predicted molar refractivity (Wildman–Crippen MR) is 89.5 cm³/mol. The first-order valence-corrected chi connectivity index (χ1v) is 8.44. The average molecular weight is 313 g/mol. The van der Waals surface area contributed by atoms with Crippen LogP contribution in [-0.2, 0) is 0 Å². The molecule has 23 heavy (non-hydrogen) atoms. The van der Waals surface area contributed by atoms with E-state index < -0.39 is 0 Å². The van der Waals surface area contributed by atoms with Gasteiger partial charge in [0.15, 0.2) is 11.5 Å². The largest absolute Gasteiger partial charge is 0.493 e. The van der Waals surface area contributed by atoms with E-state index in [0.29, 0.717) is 11.8 Å². The van der Waals surface area contributed by atoms with Gasteiger partial charge in [0.2, 0.25) is 0 Å². The smallest absolute Gasteiger partial charge is 0.162 e. The van der Waals surface area contributed by atoms with Crippen molar-refractivity contribution >= 4 is 10.9 Å². The van der Waals surface area contributed by atoms with E-state index in [2.05, 4.69) is 5.32 Å². The fourth-order valence-electron chi connectivity index (χ4n) is 3.43. The van der Waals surface area contributed by atoms with Gasteiger partial charge in [-0.25, -0.2) is 9.97 Å². The molecule has 2 aliphatic rings. The summed E-state index contributed by atoms with van der Waals surface area (Å²) in [6.07, 6.45) is 4.68. The molecular weight excluding hydrogens is 290 g/mol. The Kier molecular flexibility index (Phi) is 3.81. The van der Waals surface area contributed by atoms with Crippen molar-refractivity contribution in [1.29, 1.82) is 0 Å². The summed E-state index contributed by atoms with van der Waals surface area (Å²) < 4.78 is 10.9.